The number of rotatable bonds is 7. The second kappa shape index (κ2) is 9.17. The number of aryl methyl sites for hydroxylation is 1. The van der Waals surface area contributed by atoms with Crippen LogP contribution >= 0.6 is 0 Å². The fraction of sp³-hybridized carbons (Fsp3) is 0.462. The summed E-state index contributed by atoms with van der Waals surface area (Å²) < 4.78 is 54.7. The number of nitrogens with two attached hydrogens (primary N) is 1. The molecule has 0 aromatic heterocycles. The normalized spacial score (nSPS) is 21.1. The zero-order valence-electron chi connectivity index (χ0n) is 19.7. The van der Waals surface area contributed by atoms with E-state index in [0.29, 0.717) is 43.1 Å². The van der Waals surface area contributed by atoms with Crippen LogP contribution in [0.4, 0.5) is 23.2 Å². The molecule has 9 heteroatoms. The summed E-state index contributed by atoms with van der Waals surface area (Å²) in [4.78, 5) is 28.5. The number of hydrogen-bond acceptors (Lipinski definition) is 3. The maximum absolute atomic E-state index is 15.2. The molecule has 2 fully saturated rings. The molecule has 0 radical (unpaired) electrons. The first-order chi connectivity index (χ1) is 16.5. The molecular formula is C26H29F4N3O2. The van der Waals surface area contributed by atoms with Crippen molar-refractivity contribution in [2.24, 2.45) is 11.7 Å². The molecule has 2 aromatic rings. The first-order valence-electron chi connectivity index (χ1n) is 11.8. The van der Waals surface area contributed by atoms with Gasteiger partial charge in [-0.1, -0.05) is 17.7 Å². The summed E-state index contributed by atoms with van der Waals surface area (Å²) in [6.07, 6.45) is -2.65. The number of nitrogens with zero attached hydrogens (tertiary/aromatic N) is 1. The molecule has 188 valence electrons. The molecule has 3 N–H and O–H groups in total. The van der Waals surface area contributed by atoms with Crippen LogP contribution in [0.5, 0.6) is 0 Å². The van der Waals surface area contributed by atoms with E-state index in [1.54, 1.807) is 12.1 Å². The fourth-order valence-electron chi connectivity index (χ4n) is 5.47. The summed E-state index contributed by atoms with van der Waals surface area (Å²) in [5, 5.41) is 3.16. The Morgan fingerprint density at radius 1 is 1.20 bits per heavy atom. The maximum Gasteiger partial charge on any atom is 0.416 e. The first kappa shape index (κ1) is 25.0. The number of benzene rings is 2. The Balaban J connectivity index is 1.83. The molecule has 1 saturated carbocycles. The van der Waals surface area contributed by atoms with Crippen LogP contribution in [0.15, 0.2) is 36.4 Å². The van der Waals surface area contributed by atoms with Gasteiger partial charge in [0.15, 0.2) is 0 Å². The number of alkyl halides is 3. The summed E-state index contributed by atoms with van der Waals surface area (Å²) in [5.74, 6) is -3.20. The Morgan fingerprint density at radius 2 is 1.91 bits per heavy atom. The highest BCUT2D eigenvalue weighted by atomic mass is 19.4. The molecule has 4 rings (SSSR count). The molecule has 1 aliphatic heterocycles. The number of hydrogen-bond donors (Lipinski definition) is 2. The number of carbonyl (C=O) groups excluding carboxylic acids is 2. The number of amides is 2. The van der Waals surface area contributed by atoms with Crippen LogP contribution < -0.4 is 11.1 Å². The van der Waals surface area contributed by atoms with Gasteiger partial charge >= 0.3 is 6.18 Å². The second-order valence-electron chi connectivity index (χ2n) is 9.48. The molecule has 35 heavy (non-hydrogen) atoms. The Bertz CT molecular complexity index is 1150. The third-order valence-corrected chi connectivity index (χ3v) is 7.14. The lowest BCUT2D eigenvalue weighted by Crippen LogP contribution is -2.60. The molecule has 2 atom stereocenters. The van der Waals surface area contributed by atoms with E-state index < -0.39 is 40.8 Å². The van der Waals surface area contributed by atoms with E-state index in [9.17, 15) is 22.8 Å². The molecule has 1 heterocycles. The summed E-state index contributed by atoms with van der Waals surface area (Å²) in [7, 11) is 0. The van der Waals surface area contributed by atoms with E-state index in [-0.39, 0.29) is 24.4 Å². The number of carbonyl (C=O) groups is 2. The largest absolute Gasteiger partial charge is 0.416 e. The fourth-order valence-corrected chi connectivity index (χ4v) is 5.47. The molecule has 5 nitrogen and oxygen atoms in total. The van der Waals surface area contributed by atoms with E-state index in [2.05, 4.69) is 5.32 Å². The summed E-state index contributed by atoms with van der Waals surface area (Å²) in [6.45, 7) is 4.56. The maximum atomic E-state index is 15.2. The van der Waals surface area contributed by atoms with Crippen molar-refractivity contribution in [1.82, 2.24) is 4.90 Å². The minimum atomic E-state index is -4.70. The second-order valence-corrected chi connectivity index (χ2v) is 9.48. The Hall–Kier alpha value is -3.10. The minimum Gasteiger partial charge on any atom is -0.385 e. The van der Waals surface area contributed by atoms with Gasteiger partial charge in [0, 0.05) is 24.7 Å². The predicted molar refractivity (Wildman–Crippen MR) is 124 cm³/mol. The van der Waals surface area contributed by atoms with Crippen LogP contribution in [0, 0.1) is 18.7 Å². The van der Waals surface area contributed by atoms with Gasteiger partial charge in [-0.15, -0.1) is 0 Å². The van der Waals surface area contributed by atoms with Crippen LogP contribution in [-0.2, 0) is 11.0 Å². The molecule has 0 bridgehead atoms. The van der Waals surface area contributed by atoms with Gasteiger partial charge < -0.3 is 16.0 Å². The van der Waals surface area contributed by atoms with Gasteiger partial charge in [0.05, 0.1) is 11.1 Å². The average Bonchev–Trinajstić information content (AvgIpc) is 3.52. The molecule has 2 aliphatic rings. The van der Waals surface area contributed by atoms with Gasteiger partial charge in [-0.3, -0.25) is 9.59 Å². The lowest BCUT2D eigenvalue weighted by molar-refractivity contribution is -0.138. The quantitative estimate of drug-likeness (QED) is 0.521. The number of halogens is 4. The van der Waals surface area contributed by atoms with Gasteiger partial charge in [-0.05, 0) is 75.3 Å². The van der Waals surface area contributed by atoms with Crippen molar-refractivity contribution in [3.63, 3.8) is 0 Å². The predicted octanol–water partition coefficient (Wildman–Crippen LogP) is 5.24. The molecule has 0 unspecified atom stereocenters. The highest BCUT2D eigenvalue weighted by Crippen LogP contribution is 2.54. The third kappa shape index (κ3) is 4.48. The van der Waals surface area contributed by atoms with Gasteiger partial charge in [0.2, 0.25) is 5.91 Å². The van der Waals surface area contributed by atoms with Crippen LogP contribution in [-0.4, -0.2) is 35.3 Å². The molecule has 2 aromatic carbocycles. The van der Waals surface area contributed by atoms with Crippen molar-refractivity contribution in [2.45, 2.75) is 57.2 Å². The number of nitrogens with one attached hydrogen (secondary N) is 1. The summed E-state index contributed by atoms with van der Waals surface area (Å²) in [6, 6.07) is 7.78. The SMILES string of the molecule is CCNc1ccc(C)cc1C(=O)N1CCC[C@@]1(C(N)=O)[C@@H](c1ccc(C(F)(F)F)cc1F)C1CC1. The Kier molecular flexibility index (Phi) is 6.55. The minimum absolute atomic E-state index is 0.00449. The lowest BCUT2D eigenvalue weighted by atomic mass is 9.73. The standard InChI is InChI=1S/C26H29F4N3O2/c1-3-32-21-10-5-15(2)13-19(21)23(34)33-12-4-11-25(33,24(31)35)22(16-6-7-16)18-9-8-17(14-20(18)27)26(28,29)30/h5,8-10,13-14,16,22,32H,3-4,6-7,11-12H2,1-2H3,(H2,31,35)/t22-,25+/m1/s1. The summed E-state index contributed by atoms with van der Waals surface area (Å²) in [5.41, 5.74) is 5.16. The molecule has 2 amide bonds. The highest BCUT2D eigenvalue weighted by molar-refractivity contribution is 6.03. The average molecular weight is 492 g/mol. The molecule has 0 spiro atoms. The van der Waals surface area contributed by atoms with Crippen molar-refractivity contribution in [3.8, 4) is 0 Å². The Morgan fingerprint density at radius 3 is 2.49 bits per heavy atom. The number of primary amides is 1. The van der Waals surface area contributed by atoms with Crippen molar-refractivity contribution in [3.05, 3.63) is 64.5 Å². The van der Waals surface area contributed by atoms with Crippen LogP contribution in [0.3, 0.4) is 0 Å². The molecule has 1 aliphatic carbocycles. The van der Waals surface area contributed by atoms with Gasteiger partial charge in [0.25, 0.3) is 5.91 Å². The zero-order valence-corrected chi connectivity index (χ0v) is 19.7. The van der Waals surface area contributed by atoms with Crippen molar-refractivity contribution >= 4 is 17.5 Å². The van der Waals surface area contributed by atoms with E-state index in [4.69, 9.17) is 5.73 Å². The van der Waals surface area contributed by atoms with Crippen LogP contribution in [0.1, 0.15) is 65.6 Å². The van der Waals surface area contributed by atoms with Gasteiger partial charge in [-0.25, -0.2) is 4.39 Å². The first-order valence-corrected chi connectivity index (χ1v) is 11.8. The highest BCUT2D eigenvalue weighted by Gasteiger charge is 2.59. The van der Waals surface area contributed by atoms with E-state index >= 15 is 4.39 Å². The van der Waals surface area contributed by atoms with Crippen LogP contribution in [0.25, 0.3) is 0 Å². The molecular weight excluding hydrogens is 462 g/mol. The summed E-state index contributed by atoms with van der Waals surface area (Å²) >= 11 is 0. The van der Waals surface area contributed by atoms with Crippen molar-refractivity contribution in [2.75, 3.05) is 18.4 Å². The van der Waals surface area contributed by atoms with Crippen LogP contribution in [0.2, 0.25) is 0 Å². The topological polar surface area (TPSA) is 75.4 Å². The van der Waals surface area contributed by atoms with E-state index in [0.717, 1.165) is 17.7 Å². The van der Waals surface area contributed by atoms with Crippen molar-refractivity contribution < 1.29 is 27.2 Å². The van der Waals surface area contributed by atoms with E-state index in [1.165, 1.54) is 4.90 Å². The van der Waals surface area contributed by atoms with Gasteiger partial charge in [-0.2, -0.15) is 13.2 Å². The number of likely N-dealkylation sites (tertiary alicyclic amines) is 1. The third-order valence-electron chi connectivity index (χ3n) is 7.14. The lowest BCUT2D eigenvalue weighted by Gasteiger charge is -2.43. The van der Waals surface area contributed by atoms with Gasteiger partial charge in [0.1, 0.15) is 11.4 Å². The Labute approximate surface area is 201 Å². The van der Waals surface area contributed by atoms with Crippen molar-refractivity contribution in [1.29, 1.82) is 0 Å². The van der Waals surface area contributed by atoms with E-state index in [1.807, 2.05) is 19.9 Å². The monoisotopic (exact) mass is 491 g/mol. The smallest absolute Gasteiger partial charge is 0.385 e. The molecule has 1 saturated heterocycles. The zero-order chi connectivity index (χ0) is 25.5. The number of anilines is 1.